The fraction of sp³-hybridized carbons (Fsp3) is 0.250. The summed E-state index contributed by atoms with van der Waals surface area (Å²) in [5.41, 5.74) is 2.45. The molecule has 1 aliphatic rings. The molecule has 1 aliphatic heterocycles. The second-order valence-corrected chi connectivity index (χ2v) is 5.68. The maximum absolute atomic E-state index is 5.43. The Bertz CT molecular complexity index is 601. The molecule has 0 fully saturated rings. The van der Waals surface area contributed by atoms with Crippen LogP contribution in [0.25, 0.3) is 0 Å². The SMILES string of the molecule is CC(NCc1cc(Br)c2c(c1)OCO2)c1ccccc1. The second kappa shape index (κ2) is 5.85. The number of ether oxygens (including phenoxy) is 2. The summed E-state index contributed by atoms with van der Waals surface area (Å²) >= 11 is 3.52. The number of fused-ring (bicyclic) bond motifs is 1. The molecule has 4 heteroatoms. The first-order valence-corrected chi connectivity index (χ1v) is 7.39. The zero-order valence-electron chi connectivity index (χ0n) is 11.2. The van der Waals surface area contributed by atoms with Crippen molar-refractivity contribution >= 4 is 15.9 Å². The van der Waals surface area contributed by atoms with Gasteiger partial charge in [-0.1, -0.05) is 30.3 Å². The Morgan fingerprint density at radius 1 is 1.20 bits per heavy atom. The van der Waals surface area contributed by atoms with Gasteiger partial charge in [0.25, 0.3) is 0 Å². The van der Waals surface area contributed by atoms with Gasteiger partial charge >= 0.3 is 0 Å². The summed E-state index contributed by atoms with van der Waals surface area (Å²) < 4.78 is 11.8. The van der Waals surface area contributed by atoms with Crippen LogP contribution in [-0.4, -0.2) is 6.79 Å². The van der Waals surface area contributed by atoms with Crippen molar-refractivity contribution in [2.45, 2.75) is 19.5 Å². The zero-order chi connectivity index (χ0) is 13.9. The topological polar surface area (TPSA) is 30.5 Å². The van der Waals surface area contributed by atoms with E-state index in [2.05, 4.69) is 58.5 Å². The quantitative estimate of drug-likeness (QED) is 0.916. The van der Waals surface area contributed by atoms with Gasteiger partial charge in [-0.25, -0.2) is 0 Å². The number of benzene rings is 2. The van der Waals surface area contributed by atoms with Crippen molar-refractivity contribution in [2.24, 2.45) is 0 Å². The van der Waals surface area contributed by atoms with Gasteiger partial charge in [0.1, 0.15) is 0 Å². The van der Waals surface area contributed by atoms with E-state index in [-0.39, 0.29) is 0 Å². The van der Waals surface area contributed by atoms with Gasteiger partial charge in [-0.2, -0.15) is 0 Å². The highest BCUT2D eigenvalue weighted by Gasteiger charge is 2.18. The summed E-state index contributed by atoms with van der Waals surface area (Å²) in [5, 5.41) is 3.52. The Labute approximate surface area is 127 Å². The summed E-state index contributed by atoms with van der Waals surface area (Å²) in [7, 11) is 0. The van der Waals surface area contributed by atoms with Crippen LogP contribution in [0.5, 0.6) is 11.5 Å². The Hall–Kier alpha value is -1.52. The minimum absolute atomic E-state index is 0.297. The van der Waals surface area contributed by atoms with E-state index >= 15 is 0 Å². The van der Waals surface area contributed by atoms with E-state index in [9.17, 15) is 0 Å². The van der Waals surface area contributed by atoms with Crippen LogP contribution in [-0.2, 0) is 6.54 Å². The summed E-state index contributed by atoms with van der Waals surface area (Å²) in [6.45, 7) is 3.24. The van der Waals surface area contributed by atoms with Crippen LogP contribution in [0.1, 0.15) is 24.1 Å². The predicted octanol–water partition coefficient (Wildman–Crippen LogP) is 4.03. The van der Waals surface area contributed by atoms with Crippen LogP contribution in [0, 0.1) is 0 Å². The summed E-state index contributed by atoms with van der Waals surface area (Å²) in [6, 6.07) is 14.8. The lowest BCUT2D eigenvalue weighted by molar-refractivity contribution is 0.173. The lowest BCUT2D eigenvalue weighted by Crippen LogP contribution is -2.17. The van der Waals surface area contributed by atoms with Crippen LogP contribution in [0.2, 0.25) is 0 Å². The summed E-state index contributed by atoms with van der Waals surface area (Å²) in [4.78, 5) is 0. The molecule has 0 saturated carbocycles. The molecule has 3 nitrogen and oxygen atoms in total. The molecule has 1 unspecified atom stereocenters. The van der Waals surface area contributed by atoms with Crippen molar-refractivity contribution in [1.29, 1.82) is 0 Å². The van der Waals surface area contributed by atoms with Crippen molar-refractivity contribution in [3.63, 3.8) is 0 Å². The first-order valence-electron chi connectivity index (χ1n) is 6.60. The third kappa shape index (κ3) is 2.81. The molecule has 0 saturated heterocycles. The Morgan fingerprint density at radius 3 is 2.80 bits per heavy atom. The van der Waals surface area contributed by atoms with Gasteiger partial charge in [0.15, 0.2) is 11.5 Å². The molecule has 0 spiro atoms. The highest BCUT2D eigenvalue weighted by atomic mass is 79.9. The number of rotatable bonds is 4. The Morgan fingerprint density at radius 2 is 2.00 bits per heavy atom. The molecule has 2 aromatic carbocycles. The van der Waals surface area contributed by atoms with Gasteiger partial charge in [0, 0.05) is 12.6 Å². The fourth-order valence-corrected chi connectivity index (χ4v) is 2.86. The Kier molecular flexibility index (Phi) is 3.94. The van der Waals surface area contributed by atoms with Crippen LogP contribution in [0.3, 0.4) is 0 Å². The van der Waals surface area contributed by atoms with Gasteiger partial charge in [0.05, 0.1) is 4.47 Å². The minimum atomic E-state index is 0.297. The molecule has 0 aromatic heterocycles. The van der Waals surface area contributed by atoms with Crippen LogP contribution in [0.4, 0.5) is 0 Å². The molecule has 104 valence electrons. The van der Waals surface area contributed by atoms with E-state index < -0.39 is 0 Å². The maximum atomic E-state index is 5.43. The van der Waals surface area contributed by atoms with Crippen molar-refractivity contribution in [1.82, 2.24) is 5.32 Å². The molecule has 0 aliphatic carbocycles. The second-order valence-electron chi connectivity index (χ2n) is 4.82. The molecular formula is C16H16BrNO2. The van der Waals surface area contributed by atoms with Gasteiger partial charge in [-0.15, -0.1) is 0 Å². The zero-order valence-corrected chi connectivity index (χ0v) is 12.8. The number of hydrogen-bond donors (Lipinski definition) is 1. The predicted molar refractivity (Wildman–Crippen MR) is 82.0 cm³/mol. The van der Waals surface area contributed by atoms with Crippen LogP contribution < -0.4 is 14.8 Å². The molecule has 1 heterocycles. The van der Waals surface area contributed by atoms with Crippen LogP contribution >= 0.6 is 15.9 Å². The normalized spacial score (nSPS) is 14.3. The summed E-state index contributed by atoms with van der Waals surface area (Å²) in [6.07, 6.45) is 0. The third-order valence-electron chi connectivity index (χ3n) is 3.40. The molecule has 1 atom stereocenters. The van der Waals surface area contributed by atoms with E-state index in [4.69, 9.17) is 9.47 Å². The number of halogens is 1. The largest absolute Gasteiger partial charge is 0.454 e. The lowest BCUT2D eigenvalue weighted by Gasteiger charge is -2.14. The minimum Gasteiger partial charge on any atom is -0.454 e. The molecule has 1 N–H and O–H groups in total. The molecule has 20 heavy (non-hydrogen) atoms. The van der Waals surface area contributed by atoms with Gasteiger partial charge in [-0.05, 0) is 46.1 Å². The first-order chi connectivity index (χ1) is 9.74. The first kappa shape index (κ1) is 13.5. The molecule has 0 radical (unpaired) electrons. The molecule has 0 amide bonds. The third-order valence-corrected chi connectivity index (χ3v) is 3.99. The molecule has 0 bridgehead atoms. The van der Waals surface area contributed by atoms with Crippen molar-refractivity contribution in [3.8, 4) is 11.5 Å². The monoisotopic (exact) mass is 333 g/mol. The van der Waals surface area contributed by atoms with Crippen molar-refractivity contribution in [2.75, 3.05) is 6.79 Å². The van der Waals surface area contributed by atoms with E-state index in [0.717, 1.165) is 22.5 Å². The van der Waals surface area contributed by atoms with Crippen molar-refractivity contribution < 1.29 is 9.47 Å². The standard InChI is InChI=1S/C16H16BrNO2/c1-11(13-5-3-2-4-6-13)18-9-12-7-14(17)16-15(8-12)19-10-20-16/h2-8,11,18H,9-10H2,1H3. The number of nitrogens with one attached hydrogen (secondary N) is 1. The molecule has 2 aromatic rings. The van der Waals surface area contributed by atoms with E-state index in [1.54, 1.807) is 0 Å². The van der Waals surface area contributed by atoms with E-state index in [1.165, 1.54) is 11.1 Å². The lowest BCUT2D eigenvalue weighted by atomic mass is 10.1. The highest BCUT2D eigenvalue weighted by molar-refractivity contribution is 9.10. The molecular weight excluding hydrogens is 318 g/mol. The summed E-state index contributed by atoms with van der Waals surface area (Å²) in [5.74, 6) is 1.60. The number of hydrogen-bond acceptors (Lipinski definition) is 3. The average molecular weight is 334 g/mol. The Balaban J connectivity index is 1.68. The highest BCUT2D eigenvalue weighted by Crippen LogP contribution is 2.40. The van der Waals surface area contributed by atoms with Gasteiger partial charge in [-0.3, -0.25) is 0 Å². The van der Waals surface area contributed by atoms with Crippen molar-refractivity contribution in [3.05, 3.63) is 58.1 Å². The van der Waals surface area contributed by atoms with Gasteiger partial charge in [0.2, 0.25) is 6.79 Å². The molecule has 3 rings (SSSR count). The fourth-order valence-electron chi connectivity index (χ4n) is 2.25. The smallest absolute Gasteiger partial charge is 0.231 e. The van der Waals surface area contributed by atoms with Gasteiger partial charge < -0.3 is 14.8 Å². The van der Waals surface area contributed by atoms with E-state index in [1.807, 2.05) is 12.1 Å². The van der Waals surface area contributed by atoms with Crippen LogP contribution in [0.15, 0.2) is 46.9 Å². The average Bonchev–Trinajstić information content (AvgIpc) is 2.94. The van der Waals surface area contributed by atoms with E-state index in [0.29, 0.717) is 12.8 Å². The maximum Gasteiger partial charge on any atom is 0.231 e.